The Hall–Kier alpha value is -2.32. The van der Waals surface area contributed by atoms with Crippen molar-refractivity contribution in [1.82, 2.24) is 20.4 Å². The van der Waals surface area contributed by atoms with Crippen LogP contribution in [-0.2, 0) is 15.0 Å². The predicted molar refractivity (Wildman–Crippen MR) is 116 cm³/mol. The lowest BCUT2D eigenvalue weighted by Crippen LogP contribution is -2.52. The number of hydrogen-bond acceptors (Lipinski definition) is 5. The Morgan fingerprint density at radius 3 is 2.69 bits per heavy atom. The number of anilines is 1. The van der Waals surface area contributed by atoms with Crippen LogP contribution in [0.1, 0.15) is 52.5 Å². The van der Waals surface area contributed by atoms with Gasteiger partial charge in [0.05, 0.1) is 5.69 Å². The Kier molecular flexibility index (Phi) is 6.64. The van der Waals surface area contributed by atoms with Crippen molar-refractivity contribution in [3.8, 4) is 0 Å². The number of amides is 2. The van der Waals surface area contributed by atoms with E-state index in [4.69, 9.17) is 0 Å². The van der Waals surface area contributed by atoms with Crippen molar-refractivity contribution in [2.24, 2.45) is 0 Å². The zero-order chi connectivity index (χ0) is 21.0. The molecule has 1 fully saturated rings. The van der Waals surface area contributed by atoms with Crippen LogP contribution in [0.3, 0.4) is 0 Å². The molecule has 2 aromatic rings. The van der Waals surface area contributed by atoms with Gasteiger partial charge in [-0.1, -0.05) is 39.0 Å². The molecule has 1 aliphatic heterocycles. The number of hydrogen-bond donors (Lipinski definition) is 3. The Balaban J connectivity index is 1.70. The van der Waals surface area contributed by atoms with E-state index in [9.17, 15) is 9.59 Å². The van der Waals surface area contributed by atoms with Crippen molar-refractivity contribution in [2.75, 3.05) is 11.1 Å². The van der Waals surface area contributed by atoms with Gasteiger partial charge in [0, 0.05) is 41.0 Å². The van der Waals surface area contributed by atoms with E-state index in [-0.39, 0.29) is 23.3 Å². The summed E-state index contributed by atoms with van der Waals surface area (Å²) in [6, 6.07) is 11.9. The van der Waals surface area contributed by atoms with Crippen LogP contribution in [0.2, 0.25) is 0 Å². The van der Waals surface area contributed by atoms with Crippen LogP contribution in [-0.4, -0.2) is 33.4 Å². The Morgan fingerprint density at radius 2 is 2.03 bits per heavy atom. The molecule has 1 aliphatic rings. The molecule has 1 aromatic carbocycles. The van der Waals surface area contributed by atoms with Crippen molar-refractivity contribution >= 4 is 29.4 Å². The van der Waals surface area contributed by atoms with E-state index in [1.807, 2.05) is 43.3 Å². The molecule has 2 heterocycles. The van der Waals surface area contributed by atoms with Crippen molar-refractivity contribution in [3.63, 3.8) is 0 Å². The first-order valence-corrected chi connectivity index (χ1v) is 10.8. The summed E-state index contributed by atoms with van der Waals surface area (Å²) in [5.74, 6) is 1.15. The van der Waals surface area contributed by atoms with Gasteiger partial charge in [-0.2, -0.15) is 5.10 Å². The number of nitrogens with one attached hydrogen (secondary N) is 3. The highest BCUT2D eigenvalue weighted by Crippen LogP contribution is 2.26. The Morgan fingerprint density at radius 1 is 1.31 bits per heavy atom. The maximum atomic E-state index is 12.6. The summed E-state index contributed by atoms with van der Waals surface area (Å²) < 4.78 is 1.66. The van der Waals surface area contributed by atoms with Gasteiger partial charge in [-0.05, 0) is 19.1 Å². The van der Waals surface area contributed by atoms with E-state index in [2.05, 4.69) is 41.8 Å². The highest BCUT2D eigenvalue weighted by molar-refractivity contribution is 7.99. The third-order valence-corrected chi connectivity index (χ3v) is 5.60. The molecular formula is C21H29N5O2S. The zero-order valence-electron chi connectivity index (χ0n) is 17.4. The van der Waals surface area contributed by atoms with Crippen LogP contribution < -0.4 is 16.0 Å². The maximum absolute atomic E-state index is 12.6. The normalized spacial score (nSPS) is 19.7. The second kappa shape index (κ2) is 9.00. The molecule has 0 saturated carbocycles. The molecule has 1 saturated heterocycles. The van der Waals surface area contributed by atoms with Crippen LogP contribution in [0.15, 0.2) is 41.3 Å². The van der Waals surface area contributed by atoms with E-state index in [0.717, 1.165) is 10.6 Å². The summed E-state index contributed by atoms with van der Waals surface area (Å²) in [5, 5.41) is 13.9. The average molecular weight is 416 g/mol. The molecule has 0 aliphatic carbocycles. The largest absolute Gasteiger partial charge is 0.322 e. The molecule has 0 spiro atoms. The topological polar surface area (TPSA) is 88.1 Å². The van der Waals surface area contributed by atoms with Gasteiger partial charge in [-0.15, -0.1) is 11.8 Å². The summed E-state index contributed by atoms with van der Waals surface area (Å²) >= 11 is 1.65. The van der Waals surface area contributed by atoms with Gasteiger partial charge in [-0.3, -0.25) is 14.9 Å². The summed E-state index contributed by atoms with van der Waals surface area (Å²) in [7, 11) is 0. The molecule has 2 unspecified atom stereocenters. The summed E-state index contributed by atoms with van der Waals surface area (Å²) in [6.07, 6.45) is 0.315. The minimum absolute atomic E-state index is 0.0295. The van der Waals surface area contributed by atoms with E-state index >= 15 is 0 Å². The van der Waals surface area contributed by atoms with E-state index in [0.29, 0.717) is 24.4 Å². The van der Waals surface area contributed by atoms with Gasteiger partial charge < -0.3 is 10.6 Å². The van der Waals surface area contributed by atoms with E-state index in [1.165, 1.54) is 0 Å². The number of aromatic nitrogens is 2. The van der Waals surface area contributed by atoms with Crippen molar-refractivity contribution in [2.45, 2.75) is 63.2 Å². The summed E-state index contributed by atoms with van der Waals surface area (Å²) in [4.78, 5) is 25.7. The molecular weight excluding hydrogens is 386 g/mol. The van der Waals surface area contributed by atoms with Crippen LogP contribution in [0.25, 0.3) is 0 Å². The first-order valence-electron chi connectivity index (χ1n) is 9.85. The molecule has 29 heavy (non-hydrogen) atoms. The second-order valence-corrected chi connectivity index (χ2v) is 9.48. The molecule has 3 rings (SSSR count). The summed E-state index contributed by atoms with van der Waals surface area (Å²) in [6.45, 7) is 8.16. The lowest BCUT2D eigenvalue weighted by atomic mass is 9.92. The quantitative estimate of drug-likeness (QED) is 0.631. The van der Waals surface area contributed by atoms with Crippen molar-refractivity contribution in [1.29, 1.82) is 0 Å². The summed E-state index contributed by atoms with van der Waals surface area (Å²) in [5.41, 5.74) is 0.666. The van der Waals surface area contributed by atoms with Crippen LogP contribution >= 0.6 is 11.8 Å². The molecule has 1 aromatic heterocycles. The number of carbonyl (C=O) groups is 2. The van der Waals surface area contributed by atoms with Gasteiger partial charge in [0.2, 0.25) is 11.8 Å². The molecule has 3 N–H and O–H groups in total. The number of carbonyl (C=O) groups excluding carboxylic acids is 2. The average Bonchev–Trinajstić information content (AvgIpc) is 3.06. The lowest BCUT2D eigenvalue weighted by molar-refractivity contribution is -0.125. The molecule has 7 nitrogen and oxygen atoms in total. The molecule has 8 heteroatoms. The molecule has 0 bridgehead atoms. The SMILES string of the molecule is CC1CC(=O)NC(n2nc(C(C)(C)C)cc2NC(=O)CCSc2ccccc2)N1. The van der Waals surface area contributed by atoms with Gasteiger partial charge in [0.25, 0.3) is 0 Å². The molecule has 0 radical (unpaired) electrons. The maximum Gasteiger partial charge on any atom is 0.226 e. The van der Waals surface area contributed by atoms with Gasteiger partial charge >= 0.3 is 0 Å². The van der Waals surface area contributed by atoms with Crippen molar-refractivity contribution < 1.29 is 9.59 Å². The monoisotopic (exact) mass is 415 g/mol. The molecule has 2 atom stereocenters. The molecule has 2 amide bonds. The minimum atomic E-state index is -0.489. The fraction of sp³-hybridized carbons (Fsp3) is 0.476. The number of rotatable bonds is 6. The van der Waals surface area contributed by atoms with Crippen LogP contribution in [0.4, 0.5) is 5.82 Å². The first kappa shape index (κ1) is 21.4. The number of benzene rings is 1. The highest BCUT2D eigenvalue weighted by Gasteiger charge is 2.29. The Labute approximate surface area is 176 Å². The predicted octanol–water partition coefficient (Wildman–Crippen LogP) is 3.26. The fourth-order valence-electron chi connectivity index (χ4n) is 3.03. The third-order valence-electron chi connectivity index (χ3n) is 4.59. The fourth-order valence-corrected chi connectivity index (χ4v) is 3.90. The van der Waals surface area contributed by atoms with Crippen LogP contribution in [0, 0.1) is 0 Å². The minimum Gasteiger partial charge on any atom is -0.322 e. The van der Waals surface area contributed by atoms with Crippen LogP contribution in [0.5, 0.6) is 0 Å². The third kappa shape index (κ3) is 5.83. The standard InChI is InChI=1S/C21H29N5O2S/c1-14-12-19(28)24-20(22-14)26-17(13-16(25-26)21(2,3)4)23-18(27)10-11-29-15-8-6-5-7-9-15/h5-9,13-14,20,22H,10-12H2,1-4H3,(H,23,27)(H,24,28). The van der Waals surface area contributed by atoms with Gasteiger partial charge in [0.1, 0.15) is 5.82 Å². The Bertz CT molecular complexity index is 860. The number of thioether (sulfide) groups is 1. The zero-order valence-corrected chi connectivity index (χ0v) is 18.2. The van der Waals surface area contributed by atoms with Gasteiger partial charge in [-0.25, -0.2) is 4.68 Å². The van der Waals surface area contributed by atoms with E-state index in [1.54, 1.807) is 16.4 Å². The first-order chi connectivity index (χ1) is 13.7. The van der Waals surface area contributed by atoms with Gasteiger partial charge in [0.15, 0.2) is 6.29 Å². The lowest BCUT2D eigenvalue weighted by Gasteiger charge is -2.30. The van der Waals surface area contributed by atoms with E-state index < -0.39 is 6.29 Å². The number of nitrogens with zero attached hydrogens (tertiary/aromatic N) is 2. The van der Waals surface area contributed by atoms with Crippen molar-refractivity contribution in [3.05, 3.63) is 42.1 Å². The molecule has 156 valence electrons. The smallest absolute Gasteiger partial charge is 0.226 e. The highest BCUT2D eigenvalue weighted by atomic mass is 32.2. The second-order valence-electron chi connectivity index (χ2n) is 8.31.